The highest BCUT2D eigenvalue weighted by Gasteiger charge is 2.16. The Morgan fingerprint density at radius 2 is 2.22 bits per heavy atom. The molecule has 18 heavy (non-hydrogen) atoms. The Bertz CT molecular complexity index is 531. The summed E-state index contributed by atoms with van der Waals surface area (Å²) in [7, 11) is 0. The number of pyridine rings is 1. The van der Waals surface area contributed by atoms with Gasteiger partial charge in [0.15, 0.2) is 0 Å². The van der Waals surface area contributed by atoms with Crippen molar-refractivity contribution < 1.29 is 4.39 Å². The van der Waals surface area contributed by atoms with Gasteiger partial charge in [0.1, 0.15) is 5.82 Å². The van der Waals surface area contributed by atoms with E-state index in [2.05, 4.69) is 10.3 Å². The van der Waals surface area contributed by atoms with Crippen LogP contribution in [0.25, 0.3) is 0 Å². The van der Waals surface area contributed by atoms with E-state index in [9.17, 15) is 4.39 Å². The molecular formula is C14H14ClFN2. The second kappa shape index (κ2) is 5.94. The van der Waals surface area contributed by atoms with Gasteiger partial charge < -0.3 is 5.32 Å². The van der Waals surface area contributed by atoms with Gasteiger partial charge >= 0.3 is 0 Å². The molecule has 2 aromatic rings. The summed E-state index contributed by atoms with van der Waals surface area (Å²) in [5, 5.41) is 3.88. The summed E-state index contributed by atoms with van der Waals surface area (Å²) < 4.78 is 13.3. The highest BCUT2D eigenvalue weighted by molar-refractivity contribution is 6.31. The molecule has 0 bridgehead atoms. The zero-order valence-electron chi connectivity index (χ0n) is 10.0. The van der Waals surface area contributed by atoms with Gasteiger partial charge in [0.05, 0.1) is 11.1 Å². The van der Waals surface area contributed by atoms with Gasteiger partial charge in [-0.15, -0.1) is 0 Å². The molecular weight excluding hydrogens is 251 g/mol. The highest BCUT2D eigenvalue weighted by atomic mass is 35.5. The summed E-state index contributed by atoms with van der Waals surface area (Å²) in [6, 6.07) is 8.25. The second-order valence-corrected chi connectivity index (χ2v) is 4.35. The van der Waals surface area contributed by atoms with E-state index in [0.29, 0.717) is 5.02 Å². The Labute approximate surface area is 111 Å². The number of nitrogens with one attached hydrogen (secondary N) is 1. The molecule has 1 aromatic carbocycles. The molecule has 1 N–H and O–H groups in total. The first-order valence-corrected chi connectivity index (χ1v) is 6.18. The van der Waals surface area contributed by atoms with E-state index >= 15 is 0 Å². The van der Waals surface area contributed by atoms with E-state index in [-0.39, 0.29) is 11.9 Å². The third-order valence-electron chi connectivity index (χ3n) is 2.71. The summed E-state index contributed by atoms with van der Waals surface area (Å²) in [5.41, 5.74) is 1.75. The van der Waals surface area contributed by atoms with Gasteiger partial charge in [0, 0.05) is 12.4 Å². The molecule has 2 rings (SSSR count). The number of halogens is 2. The number of nitrogens with zero attached hydrogens (tertiary/aromatic N) is 1. The van der Waals surface area contributed by atoms with Crippen LogP contribution < -0.4 is 5.32 Å². The van der Waals surface area contributed by atoms with Gasteiger partial charge in [-0.05, 0) is 35.9 Å². The van der Waals surface area contributed by atoms with Crippen LogP contribution >= 0.6 is 11.6 Å². The van der Waals surface area contributed by atoms with Crippen molar-refractivity contribution in [2.45, 2.75) is 13.0 Å². The van der Waals surface area contributed by atoms with Crippen molar-refractivity contribution in [3.8, 4) is 0 Å². The van der Waals surface area contributed by atoms with Crippen LogP contribution in [0.1, 0.15) is 24.1 Å². The second-order valence-electron chi connectivity index (χ2n) is 3.94. The third kappa shape index (κ3) is 2.86. The lowest BCUT2D eigenvalue weighted by atomic mass is 9.99. The number of aromatic nitrogens is 1. The van der Waals surface area contributed by atoms with Crippen LogP contribution in [0, 0.1) is 5.82 Å². The molecule has 0 amide bonds. The summed E-state index contributed by atoms with van der Waals surface area (Å²) in [6.45, 7) is 2.77. The van der Waals surface area contributed by atoms with E-state index in [4.69, 9.17) is 11.6 Å². The molecule has 0 saturated carbocycles. The molecule has 2 nitrogen and oxygen atoms in total. The van der Waals surface area contributed by atoms with Gasteiger partial charge in [-0.2, -0.15) is 0 Å². The minimum atomic E-state index is -0.249. The first-order chi connectivity index (χ1) is 8.72. The van der Waals surface area contributed by atoms with Crippen molar-refractivity contribution in [3.63, 3.8) is 0 Å². The normalized spacial score (nSPS) is 12.4. The molecule has 0 spiro atoms. The zero-order valence-corrected chi connectivity index (χ0v) is 10.8. The fourth-order valence-corrected chi connectivity index (χ4v) is 2.15. The van der Waals surface area contributed by atoms with E-state index in [1.807, 2.05) is 19.1 Å². The van der Waals surface area contributed by atoms with Crippen LogP contribution in [0.15, 0.2) is 42.7 Å². The Hall–Kier alpha value is -1.45. The first-order valence-electron chi connectivity index (χ1n) is 5.80. The van der Waals surface area contributed by atoms with E-state index < -0.39 is 0 Å². The van der Waals surface area contributed by atoms with Gasteiger partial charge in [-0.25, -0.2) is 4.39 Å². The van der Waals surface area contributed by atoms with Gasteiger partial charge in [0.25, 0.3) is 0 Å². The molecule has 94 valence electrons. The summed E-state index contributed by atoms with van der Waals surface area (Å²) in [4.78, 5) is 3.96. The Morgan fingerprint density at radius 3 is 2.89 bits per heavy atom. The van der Waals surface area contributed by atoms with E-state index in [0.717, 1.165) is 17.7 Å². The van der Waals surface area contributed by atoms with Gasteiger partial charge in [0.2, 0.25) is 0 Å². The Kier molecular flexibility index (Phi) is 4.28. The van der Waals surface area contributed by atoms with Crippen molar-refractivity contribution in [2.24, 2.45) is 0 Å². The third-order valence-corrected chi connectivity index (χ3v) is 3.02. The molecule has 4 heteroatoms. The predicted octanol–water partition coefficient (Wildman–Crippen LogP) is 3.57. The number of benzene rings is 1. The summed E-state index contributed by atoms with van der Waals surface area (Å²) >= 11 is 6.15. The number of hydrogen-bond donors (Lipinski definition) is 1. The molecule has 0 fully saturated rings. The maximum absolute atomic E-state index is 13.3. The minimum Gasteiger partial charge on any atom is -0.306 e. The standard InChI is InChI=1S/C14H14ClFN2/c1-2-18-14(10-4-3-5-11(16)8-10)12-6-7-17-9-13(12)15/h3-9,14,18H,2H2,1H3. The monoisotopic (exact) mass is 264 g/mol. The topological polar surface area (TPSA) is 24.9 Å². The number of rotatable bonds is 4. The maximum Gasteiger partial charge on any atom is 0.123 e. The molecule has 0 saturated heterocycles. The summed E-state index contributed by atoms with van der Waals surface area (Å²) in [6.07, 6.45) is 3.28. The van der Waals surface area contributed by atoms with Crippen LogP contribution in [-0.4, -0.2) is 11.5 Å². The molecule has 1 atom stereocenters. The lowest BCUT2D eigenvalue weighted by Crippen LogP contribution is -2.22. The maximum atomic E-state index is 13.3. The van der Waals surface area contributed by atoms with Crippen molar-refractivity contribution in [2.75, 3.05) is 6.54 Å². The first kappa shape index (κ1) is 13.0. The minimum absolute atomic E-state index is 0.124. The van der Waals surface area contributed by atoms with Gasteiger partial charge in [-0.3, -0.25) is 4.98 Å². The van der Waals surface area contributed by atoms with Crippen molar-refractivity contribution in [1.82, 2.24) is 10.3 Å². The van der Waals surface area contributed by atoms with Gasteiger partial charge in [-0.1, -0.05) is 30.7 Å². The zero-order chi connectivity index (χ0) is 13.0. The van der Waals surface area contributed by atoms with E-state index in [1.54, 1.807) is 18.5 Å². The highest BCUT2D eigenvalue weighted by Crippen LogP contribution is 2.27. The van der Waals surface area contributed by atoms with Crippen LogP contribution in [0.4, 0.5) is 4.39 Å². The predicted molar refractivity (Wildman–Crippen MR) is 71.2 cm³/mol. The molecule has 0 aliphatic rings. The van der Waals surface area contributed by atoms with Crippen molar-refractivity contribution in [1.29, 1.82) is 0 Å². The van der Waals surface area contributed by atoms with Crippen LogP contribution in [-0.2, 0) is 0 Å². The average molecular weight is 265 g/mol. The Morgan fingerprint density at radius 1 is 1.39 bits per heavy atom. The lowest BCUT2D eigenvalue weighted by Gasteiger charge is -2.19. The quantitative estimate of drug-likeness (QED) is 0.913. The smallest absolute Gasteiger partial charge is 0.123 e. The molecule has 1 heterocycles. The molecule has 1 aromatic heterocycles. The molecule has 0 radical (unpaired) electrons. The molecule has 0 aliphatic carbocycles. The SMILES string of the molecule is CCNC(c1cccc(F)c1)c1ccncc1Cl. The molecule has 0 aliphatic heterocycles. The molecule has 1 unspecified atom stereocenters. The fourth-order valence-electron chi connectivity index (χ4n) is 1.92. The van der Waals surface area contributed by atoms with Crippen LogP contribution in [0.2, 0.25) is 5.02 Å². The van der Waals surface area contributed by atoms with Crippen LogP contribution in [0.5, 0.6) is 0 Å². The average Bonchev–Trinajstić information content (AvgIpc) is 2.37. The largest absolute Gasteiger partial charge is 0.306 e. The summed E-state index contributed by atoms with van der Waals surface area (Å²) in [5.74, 6) is -0.249. The lowest BCUT2D eigenvalue weighted by molar-refractivity contribution is 0.603. The van der Waals surface area contributed by atoms with Crippen LogP contribution in [0.3, 0.4) is 0 Å². The van der Waals surface area contributed by atoms with Crippen molar-refractivity contribution in [3.05, 3.63) is 64.7 Å². The fraction of sp³-hybridized carbons (Fsp3) is 0.214. The van der Waals surface area contributed by atoms with Crippen molar-refractivity contribution >= 4 is 11.6 Å². The Balaban J connectivity index is 2.43. The number of hydrogen-bond acceptors (Lipinski definition) is 2. The van der Waals surface area contributed by atoms with E-state index in [1.165, 1.54) is 12.1 Å².